The fraction of sp³-hybridized carbons (Fsp3) is 0.350. The predicted octanol–water partition coefficient (Wildman–Crippen LogP) is 3.28. The minimum atomic E-state index is -3.67. The number of anilines is 1. The molecule has 1 heterocycles. The summed E-state index contributed by atoms with van der Waals surface area (Å²) < 4.78 is 32.3. The summed E-state index contributed by atoms with van der Waals surface area (Å²) in [6, 6.07) is 15.7. The van der Waals surface area contributed by atoms with Crippen molar-refractivity contribution in [3.63, 3.8) is 0 Å². The number of halogens is 1. The second kappa shape index (κ2) is 8.94. The first-order valence-electron chi connectivity index (χ1n) is 9.06. The Morgan fingerprint density at radius 3 is 2.46 bits per heavy atom. The minimum Gasteiger partial charge on any atom is -0.479 e. The van der Waals surface area contributed by atoms with E-state index in [4.69, 9.17) is 16.3 Å². The van der Waals surface area contributed by atoms with Gasteiger partial charge in [-0.05, 0) is 56.9 Å². The van der Waals surface area contributed by atoms with E-state index in [1.807, 2.05) is 44.4 Å². The van der Waals surface area contributed by atoms with Crippen molar-refractivity contribution in [3.05, 3.63) is 59.6 Å². The highest BCUT2D eigenvalue weighted by molar-refractivity contribution is 7.92. The molecule has 0 aliphatic carbocycles. The quantitative estimate of drug-likeness (QED) is 0.642. The molecule has 0 fully saturated rings. The van der Waals surface area contributed by atoms with Crippen LogP contribution in [-0.2, 0) is 14.6 Å². The van der Waals surface area contributed by atoms with E-state index in [0.29, 0.717) is 11.6 Å². The second-order valence-corrected chi connectivity index (χ2v) is 9.42. The van der Waals surface area contributed by atoms with Gasteiger partial charge < -0.3 is 9.64 Å². The van der Waals surface area contributed by atoms with Crippen molar-refractivity contribution in [2.75, 3.05) is 38.8 Å². The third kappa shape index (κ3) is 4.84. The van der Waals surface area contributed by atoms with E-state index in [-0.39, 0.29) is 17.3 Å². The van der Waals surface area contributed by atoms with Crippen LogP contribution in [0.4, 0.5) is 5.69 Å². The Hall–Kier alpha value is -2.09. The molecule has 1 unspecified atom stereocenters. The van der Waals surface area contributed by atoms with Crippen LogP contribution in [0.1, 0.15) is 6.42 Å². The molecule has 6 nitrogen and oxygen atoms in total. The maximum atomic E-state index is 13.2. The molecule has 0 bridgehead atoms. The Labute approximate surface area is 171 Å². The average Bonchev–Trinajstić information content (AvgIpc) is 3.11. The van der Waals surface area contributed by atoms with Gasteiger partial charge in [-0.3, -0.25) is 5.01 Å². The lowest BCUT2D eigenvalue weighted by Gasteiger charge is -2.16. The first kappa shape index (κ1) is 20.6. The van der Waals surface area contributed by atoms with E-state index < -0.39 is 15.1 Å². The lowest BCUT2D eigenvalue weighted by Crippen LogP contribution is -2.34. The Balaban J connectivity index is 1.84. The van der Waals surface area contributed by atoms with Gasteiger partial charge in [-0.1, -0.05) is 29.8 Å². The number of benzene rings is 2. The number of sulfone groups is 1. The monoisotopic (exact) mass is 421 g/mol. The Bertz CT molecular complexity index is 915. The van der Waals surface area contributed by atoms with Gasteiger partial charge in [0.15, 0.2) is 15.1 Å². The smallest absolute Gasteiger partial charge is 0.227 e. The molecule has 0 saturated heterocycles. The van der Waals surface area contributed by atoms with Crippen LogP contribution in [0.2, 0.25) is 5.02 Å². The lowest BCUT2D eigenvalue weighted by molar-refractivity contribution is 0.267. The number of nitrogens with zero attached hydrogens (tertiary/aromatic N) is 3. The van der Waals surface area contributed by atoms with Gasteiger partial charge >= 0.3 is 0 Å². The Morgan fingerprint density at radius 2 is 1.82 bits per heavy atom. The zero-order chi connectivity index (χ0) is 20.1. The van der Waals surface area contributed by atoms with E-state index in [9.17, 15) is 8.42 Å². The zero-order valence-electron chi connectivity index (χ0n) is 16.0. The van der Waals surface area contributed by atoms with Crippen LogP contribution in [-0.4, -0.2) is 58.3 Å². The van der Waals surface area contributed by atoms with Crippen molar-refractivity contribution in [2.24, 2.45) is 5.10 Å². The van der Waals surface area contributed by atoms with Crippen LogP contribution in [0.5, 0.6) is 0 Å². The van der Waals surface area contributed by atoms with Crippen LogP contribution >= 0.6 is 11.6 Å². The molecule has 2 aromatic carbocycles. The van der Waals surface area contributed by atoms with Crippen molar-refractivity contribution in [1.29, 1.82) is 0 Å². The molecule has 2 aromatic rings. The van der Waals surface area contributed by atoms with E-state index >= 15 is 0 Å². The van der Waals surface area contributed by atoms with Crippen LogP contribution in [0.3, 0.4) is 0 Å². The Morgan fingerprint density at radius 1 is 1.14 bits per heavy atom. The van der Waals surface area contributed by atoms with E-state index in [2.05, 4.69) is 10.0 Å². The van der Waals surface area contributed by atoms with Crippen molar-refractivity contribution >= 4 is 33.0 Å². The molecular weight excluding hydrogens is 398 g/mol. The molecular formula is C20H24ClN3O3S. The van der Waals surface area contributed by atoms with E-state index in [1.165, 1.54) is 12.1 Å². The van der Waals surface area contributed by atoms with Gasteiger partial charge in [0, 0.05) is 11.6 Å². The molecule has 28 heavy (non-hydrogen) atoms. The van der Waals surface area contributed by atoms with Gasteiger partial charge in [-0.2, -0.15) is 0 Å². The summed E-state index contributed by atoms with van der Waals surface area (Å²) in [4.78, 5) is 2.26. The number of para-hydroxylation sites is 1. The highest BCUT2D eigenvalue weighted by atomic mass is 35.5. The third-order valence-corrected chi connectivity index (χ3v) is 6.69. The summed E-state index contributed by atoms with van der Waals surface area (Å²) in [5, 5.41) is 5.78. The third-order valence-electron chi connectivity index (χ3n) is 4.40. The van der Waals surface area contributed by atoms with Crippen molar-refractivity contribution in [3.8, 4) is 0 Å². The van der Waals surface area contributed by atoms with Gasteiger partial charge in [-0.25, -0.2) is 8.42 Å². The maximum absolute atomic E-state index is 13.2. The van der Waals surface area contributed by atoms with Crippen molar-refractivity contribution in [1.82, 2.24) is 4.90 Å². The molecule has 0 radical (unpaired) electrons. The molecule has 1 atom stereocenters. The molecule has 1 aliphatic heterocycles. The zero-order valence-corrected chi connectivity index (χ0v) is 17.5. The van der Waals surface area contributed by atoms with Gasteiger partial charge in [0.25, 0.3) is 0 Å². The first-order chi connectivity index (χ1) is 13.4. The number of hydrazone groups is 1. The van der Waals surface area contributed by atoms with Crippen molar-refractivity contribution < 1.29 is 13.2 Å². The SMILES string of the molecule is CN(C)CCCOC1=NN(c2ccccc2)CC1S(=O)(=O)c1ccc(Cl)cc1. The standard InChI is InChI=1S/C20H24ClN3O3S/c1-23(2)13-6-14-27-20-19(15-24(22-20)17-7-4-3-5-8-17)28(25,26)18-11-9-16(21)10-12-18/h3-5,7-12,19H,6,13-15H2,1-2H3. The average molecular weight is 422 g/mol. The van der Waals surface area contributed by atoms with Crippen LogP contribution in [0, 0.1) is 0 Å². The number of hydrogen-bond acceptors (Lipinski definition) is 6. The van der Waals surface area contributed by atoms with Crippen LogP contribution < -0.4 is 5.01 Å². The number of hydrogen-bond donors (Lipinski definition) is 0. The summed E-state index contributed by atoms with van der Waals surface area (Å²) >= 11 is 5.91. The summed E-state index contributed by atoms with van der Waals surface area (Å²) in [7, 11) is 0.303. The first-order valence-corrected chi connectivity index (χ1v) is 11.0. The van der Waals surface area contributed by atoms with Gasteiger partial charge in [-0.15, -0.1) is 5.10 Å². The topological polar surface area (TPSA) is 62.2 Å². The van der Waals surface area contributed by atoms with Gasteiger partial charge in [0.1, 0.15) is 0 Å². The second-order valence-electron chi connectivity index (χ2n) is 6.85. The molecule has 0 aromatic heterocycles. The summed E-state index contributed by atoms with van der Waals surface area (Å²) in [5.74, 6) is 0.234. The number of ether oxygens (including phenoxy) is 1. The van der Waals surface area contributed by atoms with Gasteiger partial charge in [0.2, 0.25) is 5.90 Å². The largest absolute Gasteiger partial charge is 0.479 e. The lowest BCUT2D eigenvalue weighted by atomic mass is 10.3. The minimum absolute atomic E-state index is 0.206. The number of rotatable bonds is 7. The molecule has 0 N–H and O–H groups in total. The summed E-state index contributed by atoms with van der Waals surface area (Å²) in [6.07, 6.45) is 0.783. The fourth-order valence-corrected chi connectivity index (χ4v) is 4.61. The normalized spacial score (nSPS) is 17.1. The highest BCUT2D eigenvalue weighted by Gasteiger charge is 2.40. The molecule has 8 heteroatoms. The molecule has 1 aliphatic rings. The highest BCUT2D eigenvalue weighted by Crippen LogP contribution is 2.27. The predicted molar refractivity (Wildman–Crippen MR) is 113 cm³/mol. The summed E-state index contributed by atoms with van der Waals surface area (Å²) in [5.41, 5.74) is 0.825. The Kier molecular flexibility index (Phi) is 6.59. The summed E-state index contributed by atoms with van der Waals surface area (Å²) in [6.45, 7) is 1.47. The maximum Gasteiger partial charge on any atom is 0.227 e. The molecule has 3 rings (SSSR count). The van der Waals surface area contributed by atoms with Crippen molar-refractivity contribution in [2.45, 2.75) is 16.6 Å². The molecule has 150 valence electrons. The fourth-order valence-electron chi connectivity index (χ4n) is 2.92. The van der Waals surface area contributed by atoms with Crippen LogP contribution in [0.25, 0.3) is 0 Å². The van der Waals surface area contributed by atoms with E-state index in [0.717, 1.165) is 18.7 Å². The van der Waals surface area contributed by atoms with Gasteiger partial charge in [0.05, 0.1) is 23.7 Å². The molecule has 0 spiro atoms. The molecule has 0 amide bonds. The molecule has 0 saturated carbocycles. The van der Waals surface area contributed by atoms with Crippen LogP contribution in [0.15, 0.2) is 64.6 Å². The van der Waals surface area contributed by atoms with E-state index in [1.54, 1.807) is 17.1 Å².